The predicted octanol–water partition coefficient (Wildman–Crippen LogP) is 3.02. The normalized spacial score (nSPS) is 14.9. The van der Waals surface area contributed by atoms with E-state index in [1.807, 2.05) is 12.1 Å². The standard InChI is InChI=1S/C20H22ClN3O6S2/c1-30-19-7-6-17(12-18(19)24(26)27)32(28,29)23-10-8-22(9-11-23)20(25)14-31-13-15-2-4-16(21)5-3-15/h2-7,12H,8-11,13-14H2,1H3. The van der Waals surface area contributed by atoms with E-state index < -0.39 is 20.6 Å². The first-order chi connectivity index (χ1) is 15.2. The SMILES string of the molecule is COc1ccc(S(=O)(=O)N2CCN(C(=O)CSCc3ccc(Cl)cc3)CC2)cc1[N+](=O)[O-]. The minimum absolute atomic E-state index is 0.0135. The van der Waals surface area contributed by atoms with Crippen LogP contribution in [0.2, 0.25) is 5.02 Å². The summed E-state index contributed by atoms with van der Waals surface area (Å²) in [6.07, 6.45) is 0. The van der Waals surface area contributed by atoms with Crippen molar-refractivity contribution in [1.29, 1.82) is 0 Å². The molecule has 9 nitrogen and oxygen atoms in total. The van der Waals surface area contributed by atoms with E-state index >= 15 is 0 Å². The van der Waals surface area contributed by atoms with Crippen LogP contribution in [0.1, 0.15) is 5.56 Å². The first-order valence-corrected chi connectivity index (χ1v) is 12.6. The number of halogens is 1. The highest BCUT2D eigenvalue weighted by molar-refractivity contribution is 7.99. The Labute approximate surface area is 195 Å². The molecule has 2 aromatic rings. The summed E-state index contributed by atoms with van der Waals surface area (Å²) in [7, 11) is -2.65. The number of amides is 1. The third-order valence-electron chi connectivity index (χ3n) is 4.98. The number of sulfonamides is 1. The highest BCUT2D eigenvalue weighted by atomic mass is 35.5. The van der Waals surface area contributed by atoms with Gasteiger partial charge in [-0.05, 0) is 29.8 Å². The number of ether oxygens (including phenoxy) is 1. The van der Waals surface area contributed by atoms with Gasteiger partial charge in [0.1, 0.15) is 0 Å². The number of thioether (sulfide) groups is 1. The maximum absolute atomic E-state index is 12.9. The molecule has 0 unspecified atom stereocenters. The monoisotopic (exact) mass is 499 g/mol. The molecule has 1 aliphatic rings. The van der Waals surface area contributed by atoms with Crippen LogP contribution in [0.25, 0.3) is 0 Å². The molecule has 0 bridgehead atoms. The summed E-state index contributed by atoms with van der Waals surface area (Å²) in [5.41, 5.74) is 0.650. The number of nitro benzene ring substituents is 1. The molecule has 32 heavy (non-hydrogen) atoms. The zero-order valence-electron chi connectivity index (χ0n) is 17.3. The van der Waals surface area contributed by atoms with Gasteiger partial charge in [-0.3, -0.25) is 14.9 Å². The predicted molar refractivity (Wildman–Crippen MR) is 123 cm³/mol. The van der Waals surface area contributed by atoms with Gasteiger partial charge in [0.05, 0.1) is 22.7 Å². The molecule has 1 amide bonds. The van der Waals surface area contributed by atoms with Gasteiger partial charge in [0.2, 0.25) is 15.9 Å². The summed E-state index contributed by atoms with van der Waals surface area (Å²) >= 11 is 7.35. The lowest BCUT2D eigenvalue weighted by Crippen LogP contribution is -2.50. The van der Waals surface area contributed by atoms with E-state index in [-0.39, 0.29) is 42.7 Å². The fraction of sp³-hybridized carbons (Fsp3) is 0.350. The second-order valence-electron chi connectivity index (χ2n) is 6.99. The minimum atomic E-state index is -3.93. The fourth-order valence-corrected chi connectivity index (χ4v) is 5.68. The second kappa shape index (κ2) is 10.5. The Morgan fingerprint density at radius 3 is 2.41 bits per heavy atom. The average Bonchev–Trinajstić information content (AvgIpc) is 2.79. The highest BCUT2D eigenvalue weighted by Crippen LogP contribution is 2.30. The number of nitro groups is 1. The minimum Gasteiger partial charge on any atom is -0.490 e. The number of methoxy groups -OCH3 is 1. The van der Waals surface area contributed by atoms with Gasteiger partial charge < -0.3 is 9.64 Å². The number of piperazine rings is 1. The number of hydrogen-bond acceptors (Lipinski definition) is 7. The largest absolute Gasteiger partial charge is 0.490 e. The number of hydrogen-bond donors (Lipinski definition) is 0. The van der Waals surface area contributed by atoms with Crippen molar-refractivity contribution in [2.24, 2.45) is 0 Å². The van der Waals surface area contributed by atoms with Crippen molar-refractivity contribution in [2.45, 2.75) is 10.6 Å². The smallest absolute Gasteiger partial charge is 0.312 e. The summed E-state index contributed by atoms with van der Waals surface area (Å²) in [5.74, 6) is 0.898. The molecule has 0 aliphatic carbocycles. The molecule has 0 N–H and O–H groups in total. The van der Waals surface area contributed by atoms with Crippen molar-refractivity contribution < 1.29 is 22.9 Å². The fourth-order valence-electron chi connectivity index (χ4n) is 3.23. The van der Waals surface area contributed by atoms with Crippen molar-refractivity contribution in [2.75, 3.05) is 39.0 Å². The Bertz CT molecular complexity index is 1090. The molecule has 172 valence electrons. The van der Waals surface area contributed by atoms with E-state index in [2.05, 4.69) is 0 Å². The molecule has 1 heterocycles. The lowest BCUT2D eigenvalue weighted by molar-refractivity contribution is -0.386. The molecule has 1 fully saturated rings. The van der Waals surface area contributed by atoms with Crippen molar-refractivity contribution in [1.82, 2.24) is 9.21 Å². The van der Waals surface area contributed by atoms with Crippen LogP contribution >= 0.6 is 23.4 Å². The summed E-state index contributed by atoms with van der Waals surface area (Å²) in [6.45, 7) is 0.765. The van der Waals surface area contributed by atoms with Gasteiger partial charge in [-0.25, -0.2) is 8.42 Å². The van der Waals surface area contributed by atoms with E-state index in [4.69, 9.17) is 16.3 Å². The topological polar surface area (TPSA) is 110 Å². The maximum atomic E-state index is 12.9. The van der Waals surface area contributed by atoms with Gasteiger partial charge in [0, 0.05) is 43.0 Å². The highest BCUT2D eigenvalue weighted by Gasteiger charge is 2.31. The quantitative estimate of drug-likeness (QED) is 0.405. The van der Waals surface area contributed by atoms with Crippen molar-refractivity contribution in [3.8, 4) is 5.75 Å². The van der Waals surface area contributed by atoms with E-state index in [1.54, 1.807) is 17.0 Å². The van der Waals surface area contributed by atoms with E-state index in [0.29, 0.717) is 16.5 Å². The molecule has 0 spiro atoms. The van der Waals surface area contributed by atoms with E-state index in [1.165, 1.54) is 35.3 Å². The van der Waals surface area contributed by atoms with Crippen LogP contribution < -0.4 is 4.74 Å². The molecule has 2 aromatic carbocycles. The van der Waals surface area contributed by atoms with E-state index in [0.717, 1.165) is 11.6 Å². The van der Waals surface area contributed by atoms with Crippen LogP contribution in [0.3, 0.4) is 0 Å². The first kappa shape index (κ1) is 24.3. The lowest BCUT2D eigenvalue weighted by Gasteiger charge is -2.34. The zero-order chi connectivity index (χ0) is 23.3. The lowest BCUT2D eigenvalue weighted by atomic mass is 10.2. The number of rotatable bonds is 8. The van der Waals surface area contributed by atoms with Gasteiger partial charge in [-0.1, -0.05) is 23.7 Å². The molecule has 0 saturated carbocycles. The zero-order valence-corrected chi connectivity index (χ0v) is 19.7. The Morgan fingerprint density at radius 2 is 1.81 bits per heavy atom. The average molecular weight is 500 g/mol. The van der Waals surface area contributed by atoms with Crippen molar-refractivity contribution in [3.05, 3.63) is 63.2 Å². The van der Waals surface area contributed by atoms with Crippen molar-refractivity contribution >= 4 is 45.0 Å². The van der Waals surface area contributed by atoms with Crippen LogP contribution in [-0.4, -0.2) is 67.5 Å². The van der Waals surface area contributed by atoms with Crippen LogP contribution in [0, 0.1) is 10.1 Å². The number of carbonyl (C=O) groups excluding carboxylic acids is 1. The Morgan fingerprint density at radius 1 is 1.16 bits per heavy atom. The van der Waals surface area contributed by atoms with Crippen LogP contribution in [0.15, 0.2) is 47.4 Å². The molecular weight excluding hydrogens is 478 g/mol. The van der Waals surface area contributed by atoms with Crippen LogP contribution in [-0.2, 0) is 20.6 Å². The van der Waals surface area contributed by atoms with Crippen LogP contribution in [0.4, 0.5) is 5.69 Å². The van der Waals surface area contributed by atoms with E-state index in [9.17, 15) is 23.3 Å². The van der Waals surface area contributed by atoms with Gasteiger partial charge in [0.15, 0.2) is 5.75 Å². The van der Waals surface area contributed by atoms with Gasteiger partial charge >= 0.3 is 5.69 Å². The van der Waals surface area contributed by atoms with Crippen molar-refractivity contribution in [3.63, 3.8) is 0 Å². The molecule has 12 heteroatoms. The molecular formula is C20H22ClN3O6S2. The number of carbonyl (C=O) groups is 1. The summed E-state index contributed by atoms with van der Waals surface area (Å²) in [4.78, 5) is 24.5. The Hall–Kier alpha value is -2.34. The third-order valence-corrected chi connectivity index (χ3v) is 8.12. The summed E-state index contributed by atoms with van der Waals surface area (Å²) < 4.78 is 32.0. The van der Waals surface area contributed by atoms with Crippen LogP contribution in [0.5, 0.6) is 5.75 Å². The number of benzene rings is 2. The maximum Gasteiger partial charge on any atom is 0.312 e. The first-order valence-electron chi connectivity index (χ1n) is 9.65. The van der Waals surface area contributed by atoms with Gasteiger partial charge in [0.25, 0.3) is 0 Å². The third kappa shape index (κ3) is 5.71. The second-order valence-corrected chi connectivity index (χ2v) is 10.4. The molecule has 0 radical (unpaired) electrons. The van der Waals surface area contributed by atoms with Gasteiger partial charge in [-0.2, -0.15) is 4.31 Å². The number of nitrogens with zero attached hydrogens (tertiary/aromatic N) is 3. The summed E-state index contributed by atoms with van der Waals surface area (Å²) in [6, 6.07) is 11.0. The Kier molecular flexibility index (Phi) is 7.99. The summed E-state index contributed by atoms with van der Waals surface area (Å²) in [5, 5.41) is 11.9. The van der Waals surface area contributed by atoms with Gasteiger partial charge in [-0.15, -0.1) is 11.8 Å². The molecule has 1 saturated heterocycles. The molecule has 3 rings (SSSR count). The molecule has 1 aliphatic heterocycles. The molecule has 0 atom stereocenters. The molecule has 0 aromatic heterocycles. The Balaban J connectivity index is 1.56.